The van der Waals surface area contributed by atoms with E-state index in [1.807, 2.05) is 13.0 Å². The minimum Gasteiger partial charge on any atom is -0.490 e. The number of guanidine groups is 1. The average molecular weight is 374 g/mol. The van der Waals surface area contributed by atoms with Crippen LogP contribution in [0.2, 0.25) is 5.02 Å². The fourth-order valence-corrected chi connectivity index (χ4v) is 3.87. The maximum Gasteiger partial charge on any atom is 0.261 e. The summed E-state index contributed by atoms with van der Waals surface area (Å²) in [7, 11) is 1.60. The predicted molar refractivity (Wildman–Crippen MR) is 97.6 cm³/mol. The number of benzene rings is 2. The third-order valence-electron chi connectivity index (χ3n) is 4.84. The van der Waals surface area contributed by atoms with Crippen molar-refractivity contribution in [1.82, 2.24) is 4.90 Å². The van der Waals surface area contributed by atoms with Crippen LogP contribution in [0.3, 0.4) is 0 Å². The molecule has 2 aromatic rings. The van der Waals surface area contributed by atoms with Crippen LogP contribution < -0.4 is 10.5 Å². The molecule has 1 spiro atoms. The van der Waals surface area contributed by atoms with E-state index in [2.05, 4.69) is 4.99 Å². The first-order valence-corrected chi connectivity index (χ1v) is 8.59. The molecule has 2 aromatic carbocycles. The second-order valence-electron chi connectivity index (χ2n) is 6.70. The molecular weight excluding hydrogens is 357 g/mol. The lowest BCUT2D eigenvalue weighted by molar-refractivity contribution is -0.132. The molecule has 7 heteroatoms. The Morgan fingerprint density at radius 3 is 2.73 bits per heavy atom. The lowest BCUT2D eigenvalue weighted by Gasteiger charge is -2.35. The van der Waals surface area contributed by atoms with Crippen molar-refractivity contribution in [2.45, 2.75) is 25.0 Å². The number of carbonyl (C=O) groups excluding carboxylic acids is 1. The van der Waals surface area contributed by atoms with Crippen molar-refractivity contribution in [2.24, 2.45) is 10.7 Å². The molecule has 0 fully saturated rings. The molecule has 2 N–H and O–H groups in total. The van der Waals surface area contributed by atoms with Crippen LogP contribution in [0.25, 0.3) is 11.1 Å². The zero-order valence-corrected chi connectivity index (χ0v) is 15.0. The Labute approximate surface area is 155 Å². The Balaban J connectivity index is 1.91. The number of aliphatic imine (C=N–C) groups is 1. The van der Waals surface area contributed by atoms with E-state index in [1.165, 1.54) is 17.0 Å². The molecule has 2 heterocycles. The quantitative estimate of drug-likeness (QED) is 0.834. The molecule has 0 aliphatic carbocycles. The van der Waals surface area contributed by atoms with E-state index in [0.717, 1.165) is 5.56 Å². The van der Waals surface area contributed by atoms with Gasteiger partial charge in [0.1, 0.15) is 11.6 Å². The van der Waals surface area contributed by atoms with Crippen molar-refractivity contribution in [2.75, 3.05) is 7.05 Å². The number of nitrogens with two attached hydrogens (primary N) is 1. The van der Waals surface area contributed by atoms with Crippen molar-refractivity contribution >= 4 is 23.5 Å². The van der Waals surface area contributed by atoms with Crippen LogP contribution in [-0.2, 0) is 10.3 Å². The lowest BCUT2D eigenvalue weighted by Crippen LogP contribution is -2.45. The van der Waals surface area contributed by atoms with E-state index in [1.54, 1.807) is 25.2 Å². The summed E-state index contributed by atoms with van der Waals surface area (Å²) < 4.78 is 19.6. The summed E-state index contributed by atoms with van der Waals surface area (Å²) in [6.45, 7) is 1.89. The van der Waals surface area contributed by atoms with Crippen molar-refractivity contribution in [3.63, 3.8) is 0 Å². The predicted octanol–water partition coefficient (Wildman–Crippen LogP) is 3.30. The molecular formula is C19H17ClFN3O2. The fraction of sp³-hybridized carbons (Fsp3) is 0.263. The summed E-state index contributed by atoms with van der Waals surface area (Å²) in [6.07, 6.45) is 0.195. The molecule has 0 aromatic heterocycles. The maximum absolute atomic E-state index is 13.8. The molecule has 2 aliphatic heterocycles. The van der Waals surface area contributed by atoms with Gasteiger partial charge in [0.25, 0.3) is 5.91 Å². The van der Waals surface area contributed by atoms with Gasteiger partial charge in [-0.3, -0.25) is 9.69 Å². The number of likely N-dealkylation sites (N-methyl/N-ethyl adjacent to an activating group) is 1. The molecule has 0 saturated heterocycles. The number of rotatable bonds is 1. The standard InChI is InChI=1S/C19H17ClFN3O2/c1-10-9-19(17(25)24(2)18(22)23-19)15-7-11(3-4-16(15)26-10)12-5-13(20)8-14(21)6-12/h3-8,10H,9H2,1-2H3,(H2,22,23)/t10-,19-/m1/s1. The highest BCUT2D eigenvalue weighted by molar-refractivity contribution is 6.30. The second kappa shape index (κ2) is 5.71. The number of fused-ring (bicyclic) bond motifs is 2. The van der Waals surface area contributed by atoms with Gasteiger partial charge in [0.05, 0.1) is 6.10 Å². The van der Waals surface area contributed by atoms with Gasteiger partial charge in [-0.25, -0.2) is 9.38 Å². The first-order valence-electron chi connectivity index (χ1n) is 8.21. The molecule has 1 amide bonds. The zero-order chi connectivity index (χ0) is 18.6. The van der Waals surface area contributed by atoms with Crippen LogP contribution >= 0.6 is 11.6 Å². The Kier molecular flexibility index (Phi) is 3.70. The van der Waals surface area contributed by atoms with Crippen LogP contribution in [-0.4, -0.2) is 29.9 Å². The van der Waals surface area contributed by atoms with Crippen LogP contribution in [0.1, 0.15) is 18.9 Å². The lowest BCUT2D eigenvalue weighted by atomic mass is 9.81. The van der Waals surface area contributed by atoms with Crippen LogP contribution in [0.4, 0.5) is 4.39 Å². The second-order valence-corrected chi connectivity index (χ2v) is 7.13. The molecule has 134 valence electrons. The third kappa shape index (κ3) is 2.44. The van der Waals surface area contributed by atoms with Gasteiger partial charge in [0.15, 0.2) is 11.5 Å². The molecule has 2 atom stereocenters. The molecule has 26 heavy (non-hydrogen) atoms. The van der Waals surface area contributed by atoms with Gasteiger partial charge in [0, 0.05) is 24.1 Å². The third-order valence-corrected chi connectivity index (χ3v) is 5.06. The molecule has 0 saturated carbocycles. The number of amides is 1. The van der Waals surface area contributed by atoms with Gasteiger partial charge >= 0.3 is 0 Å². The van der Waals surface area contributed by atoms with Crippen LogP contribution in [0, 0.1) is 5.82 Å². The zero-order valence-electron chi connectivity index (χ0n) is 14.3. The van der Waals surface area contributed by atoms with Crippen LogP contribution in [0.15, 0.2) is 41.4 Å². The Bertz CT molecular complexity index is 942. The molecule has 5 nitrogen and oxygen atoms in total. The number of hydrogen-bond acceptors (Lipinski definition) is 4. The Hall–Kier alpha value is -2.60. The van der Waals surface area contributed by atoms with E-state index in [9.17, 15) is 9.18 Å². The summed E-state index contributed by atoms with van der Waals surface area (Å²) >= 11 is 5.98. The monoisotopic (exact) mass is 373 g/mol. The SMILES string of the molecule is C[C@@H]1C[C@@]2(N=C(N)N(C)C2=O)c2cc(-c3cc(F)cc(Cl)c3)ccc2O1. The maximum atomic E-state index is 13.8. The van der Waals surface area contributed by atoms with Gasteiger partial charge < -0.3 is 10.5 Å². The minimum atomic E-state index is -1.11. The van der Waals surface area contributed by atoms with Gasteiger partial charge in [0.2, 0.25) is 0 Å². The molecule has 4 rings (SSSR count). The molecule has 0 radical (unpaired) electrons. The van der Waals surface area contributed by atoms with Crippen molar-refractivity contribution < 1.29 is 13.9 Å². The number of carbonyl (C=O) groups is 1. The smallest absolute Gasteiger partial charge is 0.261 e. The van der Waals surface area contributed by atoms with E-state index < -0.39 is 11.4 Å². The van der Waals surface area contributed by atoms with E-state index in [-0.39, 0.29) is 18.0 Å². The van der Waals surface area contributed by atoms with E-state index in [0.29, 0.717) is 28.3 Å². The number of ether oxygens (including phenoxy) is 1. The molecule has 2 aliphatic rings. The van der Waals surface area contributed by atoms with Crippen LogP contribution in [0.5, 0.6) is 5.75 Å². The van der Waals surface area contributed by atoms with Gasteiger partial charge in [-0.15, -0.1) is 0 Å². The number of hydrogen-bond donors (Lipinski definition) is 1. The van der Waals surface area contributed by atoms with Crippen molar-refractivity contribution in [1.29, 1.82) is 0 Å². The van der Waals surface area contributed by atoms with Gasteiger partial charge in [-0.2, -0.15) is 0 Å². The highest BCUT2D eigenvalue weighted by Gasteiger charge is 2.52. The van der Waals surface area contributed by atoms with Crippen molar-refractivity contribution in [3.05, 3.63) is 52.8 Å². The Morgan fingerprint density at radius 1 is 1.31 bits per heavy atom. The van der Waals surface area contributed by atoms with Crippen molar-refractivity contribution in [3.8, 4) is 16.9 Å². The first kappa shape index (κ1) is 16.8. The summed E-state index contributed by atoms with van der Waals surface area (Å²) in [4.78, 5) is 18.8. The molecule has 0 bridgehead atoms. The summed E-state index contributed by atoms with van der Waals surface area (Å²) in [6, 6.07) is 9.71. The van der Waals surface area contributed by atoms with Gasteiger partial charge in [-0.1, -0.05) is 17.7 Å². The largest absolute Gasteiger partial charge is 0.490 e. The number of nitrogens with zero attached hydrogens (tertiary/aromatic N) is 2. The van der Waals surface area contributed by atoms with E-state index >= 15 is 0 Å². The van der Waals surface area contributed by atoms with E-state index in [4.69, 9.17) is 22.1 Å². The summed E-state index contributed by atoms with van der Waals surface area (Å²) in [5, 5.41) is 0.302. The highest BCUT2D eigenvalue weighted by Crippen LogP contribution is 2.47. The summed E-state index contributed by atoms with van der Waals surface area (Å²) in [5.41, 5.74) is 6.77. The van der Waals surface area contributed by atoms with Gasteiger partial charge in [-0.05, 0) is 48.4 Å². The Morgan fingerprint density at radius 2 is 2.08 bits per heavy atom. The average Bonchev–Trinajstić information content (AvgIpc) is 2.78. The summed E-state index contributed by atoms with van der Waals surface area (Å²) in [5.74, 6) is 0.133. The first-order chi connectivity index (χ1) is 12.3. The highest BCUT2D eigenvalue weighted by atomic mass is 35.5. The molecule has 0 unspecified atom stereocenters. The fourth-order valence-electron chi connectivity index (χ4n) is 3.65. The minimum absolute atomic E-state index is 0.175. The topological polar surface area (TPSA) is 67.9 Å². The normalized spacial score (nSPS) is 24.5. The number of halogens is 2.